The van der Waals surface area contributed by atoms with Crippen LogP contribution in [0.3, 0.4) is 0 Å². The van der Waals surface area contributed by atoms with Crippen molar-refractivity contribution in [3.8, 4) is 0 Å². The van der Waals surface area contributed by atoms with Gasteiger partial charge in [-0.05, 0) is 30.2 Å². The fourth-order valence-electron chi connectivity index (χ4n) is 1.37. The minimum Gasteiger partial charge on any atom is -0.396 e. The first-order valence-corrected chi connectivity index (χ1v) is 7.31. The van der Waals surface area contributed by atoms with Crippen LogP contribution in [0.5, 0.6) is 0 Å². The number of thioether (sulfide) groups is 1. The number of hydrogen-bond donors (Lipinski definition) is 2. The summed E-state index contributed by atoms with van der Waals surface area (Å²) in [5.74, 6) is 1.28. The number of aliphatic hydroxyl groups excluding tert-OH is 1. The Bertz CT molecular complexity index is 392. The van der Waals surface area contributed by atoms with E-state index in [1.54, 1.807) is 6.07 Å². The molecule has 1 atom stereocenters. The molecule has 0 fully saturated rings. The van der Waals surface area contributed by atoms with E-state index in [1.807, 2.05) is 26.0 Å². The van der Waals surface area contributed by atoms with Gasteiger partial charge in [0.05, 0.1) is 16.5 Å². The molecule has 1 aromatic carbocycles. The zero-order valence-electron chi connectivity index (χ0n) is 10.6. The number of aliphatic hydroxyl groups is 1. The van der Waals surface area contributed by atoms with E-state index in [0.717, 1.165) is 11.3 Å². The number of halogens is 1. The second-order valence-electron chi connectivity index (χ2n) is 4.28. The van der Waals surface area contributed by atoms with E-state index in [4.69, 9.17) is 16.7 Å². The van der Waals surface area contributed by atoms with Gasteiger partial charge in [-0.25, -0.2) is 0 Å². The second-order valence-corrected chi connectivity index (χ2v) is 5.72. The van der Waals surface area contributed by atoms with Gasteiger partial charge in [-0.15, -0.1) is 0 Å². The topological polar surface area (TPSA) is 49.3 Å². The van der Waals surface area contributed by atoms with Gasteiger partial charge < -0.3 is 10.4 Å². The predicted molar refractivity (Wildman–Crippen MR) is 78.4 cm³/mol. The summed E-state index contributed by atoms with van der Waals surface area (Å²) >= 11 is 7.54. The minimum absolute atomic E-state index is 0.0682. The quantitative estimate of drug-likeness (QED) is 0.846. The number of nitrogens with one attached hydrogen (secondary N) is 1. The van der Waals surface area contributed by atoms with Crippen molar-refractivity contribution < 1.29 is 9.90 Å². The second kappa shape index (κ2) is 7.67. The molecule has 1 unspecified atom stereocenters. The maximum Gasteiger partial charge on any atom is 0.234 e. The molecule has 100 valence electrons. The maximum atomic E-state index is 11.7. The molecule has 2 N–H and O–H groups in total. The number of benzene rings is 1. The predicted octanol–water partition coefficient (Wildman–Crippen LogP) is 2.95. The van der Waals surface area contributed by atoms with E-state index in [9.17, 15) is 4.79 Å². The van der Waals surface area contributed by atoms with E-state index in [2.05, 4.69) is 5.32 Å². The first-order valence-electron chi connectivity index (χ1n) is 5.78. The lowest BCUT2D eigenvalue weighted by Crippen LogP contribution is -2.16. The molecule has 18 heavy (non-hydrogen) atoms. The van der Waals surface area contributed by atoms with Gasteiger partial charge in [0.2, 0.25) is 5.91 Å². The van der Waals surface area contributed by atoms with Crippen LogP contribution in [0.1, 0.15) is 12.5 Å². The molecular formula is C13H18ClNO2S. The highest BCUT2D eigenvalue weighted by Crippen LogP contribution is 2.25. The van der Waals surface area contributed by atoms with Crippen LogP contribution in [0.2, 0.25) is 5.02 Å². The molecular weight excluding hydrogens is 270 g/mol. The molecule has 0 heterocycles. The van der Waals surface area contributed by atoms with Gasteiger partial charge in [-0.3, -0.25) is 4.79 Å². The molecule has 1 amide bonds. The van der Waals surface area contributed by atoms with Crippen molar-refractivity contribution >= 4 is 35.0 Å². The molecule has 0 bridgehead atoms. The highest BCUT2D eigenvalue weighted by atomic mass is 35.5. The van der Waals surface area contributed by atoms with Crippen LogP contribution in [0, 0.1) is 12.8 Å². The van der Waals surface area contributed by atoms with Gasteiger partial charge in [-0.2, -0.15) is 11.8 Å². The number of rotatable bonds is 6. The molecule has 3 nitrogen and oxygen atoms in total. The molecule has 0 aromatic heterocycles. The van der Waals surface area contributed by atoms with Gasteiger partial charge in [0, 0.05) is 6.61 Å². The monoisotopic (exact) mass is 287 g/mol. The summed E-state index contributed by atoms with van der Waals surface area (Å²) in [6.45, 7) is 4.00. The lowest BCUT2D eigenvalue weighted by molar-refractivity contribution is -0.113. The van der Waals surface area contributed by atoms with Crippen molar-refractivity contribution in [1.29, 1.82) is 0 Å². The molecule has 0 aliphatic carbocycles. The third-order valence-electron chi connectivity index (χ3n) is 2.43. The van der Waals surface area contributed by atoms with Gasteiger partial charge in [0.1, 0.15) is 0 Å². The number of aryl methyl sites for hydroxylation is 1. The van der Waals surface area contributed by atoms with Gasteiger partial charge in [0.25, 0.3) is 0 Å². The number of amides is 1. The molecule has 1 rings (SSSR count). The fourth-order valence-corrected chi connectivity index (χ4v) is 2.52. The van der Waals surface area contributed by atoms with Crippen LogP contribution >= 0.6 is 23.4 Å². The Labute approximate surface area is 117 Å². The zero-order chi connectivity index (χ0) is 13.5. The largest absolute Gasteiger partial charge is 0.396 e. The number of hydrogen-bond acceptors (Lipinski definition) is 3. The molecule has 0 radical (unpaired) electrons. The average molecular weight is 288 g/mol. The van der Waals surface area contributed by atoms with Crippen molar-refractivity contribution in [1.82, 2.24) is 0 Å². The molecule has 0 saturated heterocycles. The zero-order valence-corrected chi connectivity index (χ0v) is 12.1. The van der Waals surface area contributed by atoms with E-state index in [0.29, 0.717) is 16.5 Å². The van der Waals surface area contributed by atoms with Crippen LogP contribution in [0.15, 0.2) is 18.2 Å². The van der Waals surface area contributed by atoms with Crippen molar-refractivity contribution in [3.05, 3.63) is 28.8 Å². The first-order chi connectivity index (χ1) is 8.54. The summed E-state index contributed by atoms with van der Waals surface area (Å²) in [5, 5.41) is 12.2. The lowest BCUT2D eigenvalue weighted by Gasteiger charge is -2.11. The number of anilines is 1. The fraction of sp³-hybridized carbons (Fsp3) is 0.462. The first kappa shape index (κ1) is 15.3. The van der Waals surface area contributed by atoms with Crippen LogP contribution in [-0.2, 0) is 4.79 Å². The molecule has 0 aliphatic heterocycles. The van der Waals surface area contributed by atoms with Gasteiger partial charge >= 0.3 is 0 Å². The van der Waals surface area contributed by atoms with E-state index < -0.39 is 0 Å². The SMILES string of the molecule is Cc1cccc(Cl)c1NC(=O)CSCC(C)CO. The summed E-state index contributed by atoms with van der Waals surface area (Å²) < 4.78 is 0. The summed E-state index contributed by atoms with van der Waals surface area (Å²) in [4.78, 5) is 11.7. The van der Waals surface area contributed by atoms with Crippen molar-refractivity contribution in [2.75, 3.05) is 23.4 Å². The van der Waals surface area contributed by atoms with Crippen LogP contribution in [-0.4, -0.2) is 29.1 Å². The van der Waals surface area contributed by atoms with Gasteiger partial charge in [0.15, 0.2) is 0 Å². The average Bonchev–Trinajstić information content (AvgIpc) is 2.34. The summed E-state index contributed by atoms with van der Waals surface area (Å²) in [6.07, 6.45) is 0. The summed E-state index contributed by atoms with van der Waals surface area (Å²) in [7, 11) is 0. The van der Waals surface area contributed by atoms with Crippen molar-refractivity contribution in [3.63, 3.8) is 0 Å². The smallest absolute Gasteiger partial charge is 0.234 e. The number of carbonyl (C=O) groups excluding carboxylic acids is 1. The Hall–Kier alpha value is -0.710. The summed E-state index contributed by atoms with van der Waals surface area (Å²) in [6, 6.07) is 5.51. The highest BCUT2D eigenvalue weighted by Gasteiger charge is 2.09. The maximum absolute atomic E-state index is 11.7. The number of carbonyl (C=O) groups is 1. The highest BCUT2D eigenvalue weighted by molar-refractivity contribution is 7.99. The van der Waals surface area contributed by atoms with E-state index in [1.165, 1.54) is 11.8 Å². The standard InChI is InChI=1S/C13H18ClNO2S/c1-9(6-16)7-18-8-12(17)15-13-10(2)4-3-5-11(13)14/h3-5,9,16H,6-8H2,1-2H3,(H,15,17). The van der Waals surface area contributed by atoms with Crippen LogP contribution in [0.4, 0.5) is 5.69 Å². The Morgan fingerprint density at radius 3 is 2.89 bits per heavy atom. The Morgan fingerprint density at radius 2 is 2.28 bits per heavy atom. The third-order valence-corrected chi connectivity index (χ3v) is 4.02. The summed E-state index contributed by atoms with van der Waals surface area (Å²) in [5.41, 5.74) is 1.63. The Morgan fingerprint density at radius 1 is 1.56 bits per heavy atom. The third kappa shape index (κ3) is 4.88. The molecule has 0 aliphatic rings. The van der Waals surface area contributed by atoms with Crippen molar-refractivity contribution in [2.45, 2.75) is 13.8 Å². The van der Waals surface area contributed by atoms with E-state index in [-0.39, 0.29) is 18.4 Å². The molecule has 0 saturated carbocycles. The Kier molecular flexibility index (Phi) is 6.54. The van der Waals surface area contributed by atoms with Crippen molar-refractivity contribution in [2.24, 2.45) is 5.92 Å². The number of para-hydroxylation sites is 1. The van der Waals surface area contributed by atoms with Gasteiger partial charge in [-0.1, -0.05) is 30.7 Å². The van der Waals surface area contributed by atoms with Crippen LogP contribution < -0.4 is 5.32 Å². The molecule has 1 aromatic rings. The molecule has 5 heteroatoms. The lowest BCUT2D eigenvalue weighted by atomic mass is 10.2. The normalized spacial score (nSPS) is 12.2. The minimum atomic E-state index is -0.0682. The Balaban J connectivity index is 2.45. The van der Waals surface area contributed by atoms with E-state index >= 15 is 0 Å². The van der Waals surface area contributed by atoms with Crippen LogP contribution in [0.25, 0.3) is 0 Å². The molecule has 0 spiro atoms.